The number of hydrogen-bond donors (Lipinski definition) is 1. The number of aryl methyl sites for hydroxylation is 1. The van der Waals surface area contributed by atoms with Gasteiger partial charge in [-0.15, -0.1) is 0 Å². The van der Waals surface area contributed by atoms with Gasteiger partial charge in [0.2, 0.25) is 5.89 Å². The van der Waals surface area contributed by atoms with Gasteiger partial charge in [0.25, 0.3) is 5.91 Å². The van der Waals surface area contributed by atoms with Crippen LogP contribution < -0.4 is 5.32 Å². The molecule has 8 nitrogen and oxygen atoms in total. The van der Waals surface area contributed by atoms with Crippen LogP contribution in [0.4, 0.5) is 0 Å². The summed E-state index contributed by atoms with van der Waals surface area (Å²) in [5.74, 6) is 0.733. The van der Waals surface area contributed by atoms with Crippen molar-refractivity contribution in [2.45, 2.75) is 46.2 Å². The van der Waals surface area contributed by atoms with Crippen LogP contribution in [0, 0.1) is 0 Å². The normalized spacial score (nSPS) is 11.7. The number of aromatic nitrogens is 5. The van der Waals surface area contributed by atoms with Crippen molar-refractivity contribution in [3.05, 3.63) is 59.9 Å². The van der Waals surface area contributed by atoms with Gasteiger partial charge in [-0.2, -0.15) is 10.1 Å². The second-order valence-electron chi connectivity index (χ2n) is 8.07. The molecule has 4 rings (SSSR count). The molecule has 0 bridgehead atoms. The molecule has 3 heterocycles. The first-order chi connectivity index (χ1) is 14.4. The van der Waals surface area contributed by atoms with Gasteiger partial charge >= 0.3 is 0 Å². The maximum Gasteiger partial charge on any atom is 0.252 e. The van der Waals surface area contributed by atoms with E-state index in [1.165, 1.54) is 0 Å². The number of carbonyl (C=O) groups excluding carboxylic acids is 1. The number of hydrogen-bond acceptors (Lipinski definition) is 6. The molecule has 0 spiro atoms. The third-order valence-electron chi connectivity index (χ3n) is 4.74. The minimum Gasteiger partial charge on any atom is -0.345 e. The standard InChI is InChI=1S/C22H24N6O2/c1-5-28-19-16(12-24-28)15(11-17(25-19)14-9-7-6-8-10-14)20(29)23-13-18-26-21(30-27-18)22(2,3)4/h6-12H,5,13H2,1-4H3,(H,23,29). The van der Waals surface area contributed by atoms with Crippen LogP contribution in [0.5, 0.6) is 0 Å². The number of nitrogens with zero attached hydrogens (tertiary/aromatic N) is 5. The Kier molecular flexibility index (Phi) is 5.07. The summed E-state index contributed by atoms with van der Waals surface area (Å²) in [4.78, 5) is 22.2. The zero-order valence-electron chi connectivity index (χ0n) is 17.5. The summed E-state index contributed by atoms with van der Waals surface area (Å²) >= 11 is 0. The van der Waals surface area contributed by atoms with Gasteiger partial charge < -0.3 is 9.84 Å². The molecular formula is C22H24N6O2. The van der Waals surface area contributed by atoms with Gasteiger partial charge in [-0.1, -0.05) is 56.3 Å². The molecule has 0 saturated heterocycles. The van der Waals surface area contributed by atoms with E-state index < -0.39 is 0 Å². The summed E-state index contributed by atoms with van der Waals surface area (Å²) in [6.07, 6.45) is 1.68. The quantitative estimate of drug-likeness (QED) is 0.544. The van der Waals surface area contributed by atoms with Crippen molar-refractivity contribution in [1.29, 1.82) is 0 Å². The second kappa shape index (κ2) is 7.70. The largest absolute Gasteiger partial charge is 0.345 e. The Balaban J connectivity index is 1.66. The van der Waals surface area contributed by atoms with Crippen LogP contribution in [0.1, 0.15) is 49.8 Å². The van der Waals surface area contributed by atoms with Gasteiger partial charge in [-0.25, -0.2) is 9.67 Å². The van der Waals surface area contributed by atoms with Crippen LogP contribution >= 0.6 is 0 Å². The molecule has 0 aliphatic carbocycles. The minimum absolute atomic E-state index is 0.171. The molecule has 0 aliphatic rings. The molecule has 0 aliphatic heterocycles. The first-order valence-corrected chi connectivity index (χ1v) is 9.90. The number of fused-ring (bicyclic) bond motifs is 1. The molecule has 0 atom stereocenters. The Labute approximate surface area is 174 Å². The highest BCUT2D eigenvalue weighted by molar-refractivity contribution is 6.06. The van der Waals surface area contributed by atoms with E-state index >= 15 is 0 Å². The molecule has 4 aromatic rings. The fourth-order valence-electron chi connectivity index (χ4n) is 3.11. The molecule has 0 fully saturated rings. The number of carbonyl (C=O) groups is 1. The molecule has 30 heavy (non-hydrogen) atoms. The molecule has 3 aromatic heterocycles. The third kappa shape index (κ3) is 3.80. The predicted molar refractivity (Wildman–Crippen MR) is 113 cm³/mol. The van der Waals surface area contributed by atoms with E-state index in [0.717, 1.165) is 11.3 Å². The second-order valence-corrected chi connectivity index (χ2v) is 8.07. The molecule has 0 unspecified atom stereocenters. The lowest BCUT2D eigenvalue weighted by Crippen LogP contribution is -2.24. The molecule has 1 amide bonds. The first kappa shape index (κ1) is 19.8. The SMILES string of the molecule is CCn1ncc2c(C(=O)NCc3noc(C(C)(C)C)n3)cc(-c3ccccc3)nc21. The summed E-state index contributed by atoms with van der Waals surface area (Å²) in [6.45, 7) is 8.80. The third-order valence-corrected chi connectivity index (χ3v) is 4.74. The summed E-state index contributed by atoms with van der Waals surface area (Å²) in [5.41, 5.74) is 2.60. The average Bonchev–Trinajstić information content (AvgIpc) is 3.38. The highest BCUT2D eigenvalue weighted by Gasteiger charge is 2.22. The van der Waals surface area contributed by atoms with Crippen molar-refractivity contribution in [2.75, 3.05) is 0 Å². The number of pyridine rings is 1. The Bertz CT molecular complexity index is 1190. The summed E-state index contributed by atoms with van der Waals surface area (Å²) in [6, 6.07) is 11.6. The summed E-state index contributed by atoms with van der Waals surface area (Å²) < 4.78 is 7.08. The van der Waals surface area contributed by atoms with Crippen LogP contribution in [0.15, 0.2) is 47.1 Å². The van der Waals surface area contributed by atoms with E-state index in [0.29, 0.717) is 34.9 Å². The topological polar surface area (TPSA) is 98.7 Å². The van der Waals surface area contributed by atoms with Crippen molar-refractivity contribution in [3.63, 3.8) is 0 Å². The number of nitrogens with one attached hydrogen (secondary N) is 1. The van der Waals surface area contributed by atoms with Gasteiger partial charge in [0.1, 0.15) is 0 Å². The van der Waals surface area contributed by atoms with E-state index in [-0.39, 0.29) is 17.9 Å². The van der Waals surface area contributed by atoms with Gasteiger partial charge in [-0.05, 0) is 13.0 Å². The monoisotopic (exact) mass is 404 g/mol. The maximum absolute atomic E-state index is 13.1. The highest BCUT2D eigenvalue weighted by Crippen LogP contribution is 2.25. The number of amides is 1. The smallest absolute Gasteiger partial charge is 0.252 e. The first-order valence-electron chi connectivity index (χ1n) is 9.90. The van der Waals surface area contributed by atoms with Crippen LogP contribution in [0.3, 0.4) is 0 Å². The number of benzene rings is 1. The average molecular weight is 404 g/mol. The van der Waals surface area contributed by atoms with E-state index in [1.807, 2.05) is 58.0 Å². The molecule has 154 valence electrons. The van der Waals surface area contributed by atoms with Crippen molar-refractivity contribution in [1.82, 2.24) is 30.2 Å². The molecular weight excluding hydrogens is 380 g/mol. The van der Waals surface area contributed by atoms with Crippen molar-refractivity contribution >= 4 is 16.9 Å². The van der Waals surface area contributed by atoms with Crippen molar-refractivity contribution in [3.8, 4) is 11.3 Å². The summed E-state index contributed by atoms with van der Waals surface area (Å²) in [7, 11) is 0. The molecule has 1 aromatic carbocycles. The molecule has 8 heteroatoms. The van der Waals surface area contributed by atoms with Gasteiger partial charge in [-0.3, -0.25) is 4.79 Å². The van der Waals surface area contributed by atoms with Gasteiger partial charge in [0.05, 0.1) is 29.4 Å². The fourth-order valence-corrected chi connectivity index (χ4v) is 3.11. The van der Waals surface area contributed by atoms with Gasteiger partial charge in [0.15, 0.2) is 11.5 Å². The lowest BCUT2D eigenvalue weighted by atomic mass is 9.97. The van der Waals surface area contributed by atoms with Crippen LogP contribution in [0.25, 0.3) is 22.3 Å². The molecule has 1 N–H and O–H groups in total. The van der Waals surface area contributed by atoms with E-state index in [2.05, 4.69) is 20.6 Å². The predicted octanol–water partition coefficient (Wildman–Crippen LogP) is 3.73. The highest BCUT2D eigenvalue weighted by atomic mass is 16.5. The molecule has 0 saturated carbocycles. The molecule has 0 radical (unpaired) electrons. The van der Waals surface area contributed by atoms with E-state index in [9.17, 15) is 4.79 Å². The number of rotatable bonds is 5. The Morgan fingerprint density at radius 3 is 2.60 bits per heavy atom. The van der Waals surface area contributed by atoms with E-state index in [1.54, 1.807) is 16.9 Å². The zero-order chi connectivity index (χ0) is 21.3. The van der Waals surface area contributed by atoms with Crippen molar-refractivity contribution in [2.24, 2.45) is 0 Å². The lowest BCUT2D eigenvalue weighted by molar-refractivity contribution is 0.0951. The zero-order valence-corrected chi connectivity index (χ0v) is 17.5. The van der Waals surface area contributed by atoms with Crippen LogP contribution in [0.2, 0.25) is 0 Å². The van der Waals surface area contributed by atoms with Gasteiger partial charge in [0, 0.05) is 17.5 Å². The van der Waals surface area contributed by atoms with Crippen LogP contribution in [-0.2, 0) is 18.5 Å². The van der Waals surface area contributed by atoms with Crippen molar-refractivity contribution < 1.29 is 9.32 Å². The maximum atomic E-state index is 13.1. The Morgan fingerprint density at radius 1 is 1.17 bits per heavy atom. The summed E-state index contributed by atoms with van der Waals surface area (Å²) in [5, 5.41) is 11.9. The Hall–Kier alpha value is -3.55. The minimum atomic E-state index is -0.244. The Morgan fingerprint density at radius 2 is 1.93 bits per heavy atom. The fraction of sp³-hybridized carbons (Fsp3) is 0.318. The van der Waals surface area contributed by atoms with E-state index in [4.69, 9.17) is 9.51 Å². The van der Waals surface area contributed by atoms with Crippen LogP contribution in [-0.4, -0.2) is 30.8 Å². The lowest BCUT2D eigenvalue weighted by Gasteiger charge is -2.10.